The zero-order chi connectivity index (χ0) is 13.4. The normalized spacial score (nSPS) is 10.5. The van der Waals surface area contributed by atoms with Gasteiger partial charge in [0.2, 0.25) is 0 Å². The van der Waals surface area contributed by atoms with Crippen molar-refractivity contribution < 1.29 is 0 Å². The van der Waals surface area contributed by atoms with E-state index < -0.39 is 0 Å². The van der Waals surface area contributed by atoms with Gasteiger partial charge in [-0.25, -0.2) is 0 Å². The van der Waals surface area contributed by atoms with Crippen molar-refractivity contribution in [3.63, 3.8) is 0 Å². The molecule has 0 spiro atoms. The van der Waals surface area contributed by atoms with E-state index >= 15 is 0 Å². The number of rotatable bonds is 1. The molecule has 0 aliphatic rings. The van der Waals surface area contributed by atoms with Gasteiger partial charge < -0.3 is 4.98 Å². The number of fused-ring (bicyclic) bond motifs is 1. The Morgan fingerprint density at radius 1 is 1.16 bits per heavy atom. The lowest BCUT2D eigenvalue weighted by atomic mass is 10.2. The molecule has 19 heavy (non-hydrogen) atoms. The number of hydrogen-bond acceptors (Lipinski definition) is 2. The first-order valence-electron chi connectivity index (χ1n) is 5.60. The zero-order valence-corrected chi connectivity index (χ0v) is 12.1. The molecule has 1 heterocycles. The van der Waals surface area contributed by atoms with Gasteiger partial charge in [-0.1, -0.05) is 15.9 Å². The third-order valence-electron chi connectivity index (χ3n) is 2.90. The van der Waals surface area contributed by atoms with Crippen LogP contribution in [0.1, 0.15) is 5.56 Å². The molecule has 0 atom stereocenters. The van der Waals surface area contributed by atoms with Gasteiger partial charge in [0.1, 0.15) is 0 Å². The average Bonchev–Trinajstić information content (AvgIpc) is 2.75. The van der Waals surface area contributed by atoms with Gasteiger partial charge in [0.15, 0.2) is 4.77 Å². The SMILES string of the molecule is N#Cc1ccc2[nH]c(=S)n(-c3ccc(Br)cc3)c2c1. The molecular formula is C14H8BrN3S. The van der Waals surface area contributed by atoms with E-state index in [1.54, 1.807) is 6.07 Å². The molecule has 0 saturated carbocycles. The van der Waals surface area contributed by atoms with Gasteiger partial charge in [-0.3, -0.25) is 4.57 Å². The van der Waals surface area contributed by atoms with E-state index in [-0.39, 0.29) is 0 Å². The summed E-state index contributed by atoms with van der Waals surface area (Å²) >= 11 is 8.77. The number of nitrogens with zero attached hydrogens (tertiary/aromatic N) is 2. The molecular weight excluding hydrogens is 322 g/mol. The summed E-state index contributed by atoms with van der Waals surface area (Å²) < 4.78 is 3.56. The van der Waals surface area contributed by atoms with Gasteiger partial charge in [0.05, 0.1) is 22.7 Å². The molecule has 0 unspecified atom stereocenters. The summed E-state index contributed by atoms with van der Waals surface area (Å²) in [4.78, 5) is 3.15. The minimum Gasteiger partial charge on any atom is -0.330 e. The number of nitriles is 1. The Morgan fingerprint density at radius 3 is 2.58 bits per heavy atom. The monoisotopic (exact) mass is 329 g/mol. The van der Waals surface area contributed by atoms with Gasteiger partial charge in [-0.15, -0.1) is 0 Å². The van der Waals surface area contributed by atoms with E-state index in [9.17, 15) is 0 Å². The molecule has 3 rings (SSSR count). The van der Waals surface area contributed by atoms with Gasteiger partial charge in [0.25, 0.3) is 0 Å². The van der Waals surface area contributed by atoms with Crippen molar-refractivity contribution in [2.45, 2.75) is 0 Å². The fourth-order valence-electron chi connectivity index (χ4n) is 2.02. The molecule has 0 radical (unpaired) electrons. The Bertz CT molecular complexity index is 853. The van der Waals surface area contributed by atoms with Gasteiger partial charge in [-0.05, 0) is 54.7 Å². The smallest absolute Gasteiger partial charge is 0.182 e. The standard InChI is InChI=1S/C14H8BrN3S/c15-10-2-4-11(5-3-10)18-13-7-9(8-16)1-6-12(13)17-14(18)19/h1-7H,(H,17,19). The van der Waals surface area contributed by atoms with E-state index in [1.165, 1.54) is 0 Å². The number of nitrogens with one attached hydrogen (secondary N) is 1. The minimum atomic E-state index is 0.618. The Kier molecular flexibility index (Phi) is 2.97. The van der Waals surface area contributed by atoms with E-state index in [2.05, 4.69) is 27.0 Å². The van der Waals surface area contributed by atoms with Gasteiger partial charge >= 0.3 is 0 Å². The number of halogens is 1. The van der Waals surface area contributed by atoms with Gasteiger partial charge in [0, 0.05) is 10.2 Å². The molecule has 0 fully saturated rings. The quantitative estimate of drug-likeness (QED) is 0.675. The summed E-state index contributed by atoms with van der Waals surface area (Å²) in [5.74, 6) is 0. The predicted molar refractivity (Wildman–Crippen MR) is 80.9 cm³/mol. The second kappa shape index (κ2) is 4.65. The molecule has 5 heteroatoms. The lowest BCUT2D eigenvalue weighted by Crippen LogP contribution is -1.93. The third kappa shape index (κ3) is 2.09. The van der Waals surface area contributed by atoms with E-state index in [0.29, 0.717) is 10.3 Å². The van der Waals surface area contributed by atoms with E-state index in [4.69, 9.17) is 17.5 Å². The van der Waals surface area contributed by atoms with Crippen LogP contribution in [0.25, 0.3) is 16.7 Å². The zero-order valence-electron chi connectivity index (χ0n) is 9.72. The van der Waals surface area contributed by atoms with Crippen molar-refractivity contribution >= 4 is 39.2 Å². The van der Waals surface area contributed by atoms with Crippen LogP contribution in [0.4, 0.5) is 0 Å². The maximum atomic E-state index is 9.00. The first-order chi connectivity index (χ1) is 9.19. The number of H-pyrrole nitrogens is 1. The lowest BCUT2D eigenvalue weighted by Gasteiger charge is -2.04. The minimum absolute atomic E-state index is 0.618. The lowest BCUT2D eigenvalue weighted by molar-refractivity contribution is 1.06. The van der Waals surface area contributed by atoms with Crippen LogP contribution < -0.4 is 0 Å². The highest BCUT2D eigenvalue weighted by Crippen LogP contribution is 2.22. The predicted octanol–water partition coefficient (Wildman–Crippen LogP) is 4.32. The average molecular weight is 330 g/mol. The van der Waals surface area contributed by atoms with Crippen molar-refractivity contribution in [2.75, 3.05) is 0 Å². The molecule has 1 N–H and O–H groups in total. The second-order valence-corrected chi connectivity index (χ2v) is 5.39. The second-order valence-electron chi connectivity index (χ2n) is 4.09. The number of benzene rings is 2. The third-order valence-corrected chi connectivity index (χ3v) is 3.71. The fraction of sp³-hybridized carbons (Fsp3) is 0. The first-order valence-corrected chi connectivity index (χ1v) is 6.80. The van der Waals surface area contributed by atoms with Crippen LogP contribution >= 0.6 is 28.1 Å². The Labute approximate surface area is 123 Å². The van der Waals surface area contributed by atoms with E-state index in [1.807, 2.05) is 41.0 Å². The highest BCUT2D eigenvalue weighted by atomic mass is 79.9. The largest absolute Gasteiger partial charge is 0.330 e. The maximum Gasteiger partial charge on any atom is 0.182 e. The molecule has 92 valence electrons. The van der Waals surface area contributed by atoms with Crippen LogP contribution in [0.5, 0.6) is 0 Å². The Balaban J connectivity index is 2.34. The number of hydrogen-bond donors (Lipinski definition) is 1. The topological polar surface area (TPSA) is 44.5 Å². The molecule has 1 aromatic heterocycles. The van der Waals surface area contributed by atoms with Crippen LogP contribution in [0.15, 0.2) is 46.9 Å². The van der Waals surface area contributed by atoms with Crippen molar-refractivity contribution in [1.29, 1.82) is 5.26 Å². The van der Waals surface area contributed by atoms with Crippen molar-refractivity contribution in [3.8, 4) is 11.8 Å². The summed E-state index contributed by atoms with van der Waals surface area (Å²) in [7, 11) is 0. The maximum absolute atomic E-state index is 9.00. The molecule has 3 aromatic rings. The van der Waals surface area contributed by atoms with Crippen LogP contribution in [0, 0.1) is 16.1 Å². The molecule has 0 bridgehead atoms. The summed E-state index contributed by atoms with van der Waals surface area (Å²) in [6.07, 6.45) is 0. The molecule has 2 aromatic carbocycles. The molecule has 0 saturated heterocycles. The summed E-state index contributed by atoms with van der Waals surface area (Å²) in [6, 6.07) is 15.5. The highest BCUT2D eigenvalue weighted by Gasteiger charge is 2.07. The van der Waals surface area contributed by atoms with Crippen LogP contribution in [0.2, 0.25) is 0 Å². The number of imidazole rings is 1. The first kappa shape index (κ1) is 12.2. The van der Waals surface area contributed by atoms with Crippen molar-refractivity contribution in [3.05, 3.63) is 57.3 Å². The van der Waals surface area contributed by atoms with Crippen LogP contribution in [-0.2, 0) is 0 Å². The fourth-order valence-corrected chi connectivity index (χ4v) is 2.60. The van der Waals surface area contributed by atoms with E-state index in [0.717, 1.165) is 21.2 Å². The molecule has 0 aliphatic heterocycles. The van der Waals surface area contributed by atoms with Crippen LogP contribution in [-0.4, -0.2) is 9.55 Å². The highest BCUT2D eigenvalue weighted by molar-refractivity contribution is 9.10. The number of aromatic amines is 1. The Morgan fingerprint density at radius 2 is 1.89 bits per heavy atom. The summed E-state index contributed by atoms with van der Waals surface area (Å²) in [6.45, 7) is 0. The molecule has 3 nitrogen and oxygen atoms in total. The summed E-state index contributed by atoms with van der Waals surface area (Å²) in [5, 5.41) is 9.00. The van der Waals surface area contributed by atoms with Crippen molar-refractivity contribution in [1.82, 2.24) is 9.55 Å². The molecule has 0 aliphatic carbocycles. The summed E-state index contributed by atoms with van der Waals surface area (Å²) in [5.41, 5.74) is 3.42. The Hall–Kier alpha value is -1.90. The van der Waals surface area contributed by atoms with Crippen LogP contribution in [0.3, 0.4) is 0 Å². The number of aromatic nitrogens is 2. The van der Waals surface area contributed by atoms with Crippen molar-refractivity contribution in [2.24, 2.45) is 0 Å². The molecule has 0 amide bonds. The van der Waals surface area contributed by atoms with Gasteiger partial charge in [-0.2, -0.15) is 5.26 Å².